The summed E-state index contributed by atoms with van der Waals surface area (Å²) in [5.41, 5.74) is 2.43. The first-order valence-electron chi connectivity index (χ1n) is 8.11. The molecule has 1 amide bonds. The fraction of sp³-hybridized carbons (Fsp3) is 0.368. The second-order valence-electron chi connectivity index (χ2n) is 6.18. The SMILES string of the molecule is COc1ccc2c(C)c(C(=O)N(C)[C@H](C)c3nc(C)sc3C)oc2c1. The molecule has 3 rings (SSSR count). The highest BCUT2D eigenvalue weighted by molar-refractivity contribution is 7.11. The van der Waals surface area contributed by atoms with Crippen molar-refractivity contribution in [2.24, 2.45) is 0 Å². The summed E-state index contributed by atoms with van der Waals surface area (Å²) in [7, 11) is 3.39. The van der Waals surface area contributed by atoms with Gasteiger partial charge in [0.25, 0.3) is 5.91 Å². The number of aromatic nitrogens is 1. The molecule has 0 saturated carbocycles. The zero-order valence-corrected chi connectivity index (χ0v) is 16.2. The third-order valence-corrected chi connectivity index (χ3v) is 5.48. The predicted octanol–water partition coefficient (Wildman–Crippen LogP) is 4.66. The van der Waals surface area contributed by atoms with Crippen LogP contribution in [0.5, 0.6) is 5.75 Å². The maximum absolute atomic E-state index is 13.0. The molecule has 5 nitrogen and oxygen atoms in total. The molecule has 0 radical (unpaired) electrons. The van der Waals surface area contributed by atoms with Gasteiger partial charge in [0.1, 0.15) is 11.3 Å². The number of ether oxygens (including phenoxy) is 1. The molecule has 3 aromatic rings. The van der Waals surface area contributed by atoms with E-state index in [0.29, 0.717) is 17.1 Å². The lowest BCUT2D eigenvalue weighted by Gasteiger charge is -2.23. The molecule has 1 atom stereocenters. The van der Waals surface area contributed by atoms with Crippen LogP contribution in [0.4, 0.5) is 0 Å². The number of rotatable bonds is 4. The molecular formula is C19H22N2O3S. The number of methoxy groups -OCH3 is 1. The highest BCUT2D eigenvalue weighted by atomic mass is 32.1. The van der Waals surface area contributed by atoms with Gasteiger partial charge >= 0.3 is 0 Å². The smallest absolute Gasteiger partial charge is 0.290 e. The third-order valence-electron chi connectivity index (χ3n) is 4.58. The first kappa shape index (κ1) is 17.5. The van der Waals surface area contributed by atoms with Gasteiger partial charge in [0.15, 0.2) is 5.76 Å². The molecule has 0 aliphatic carbocycles. The summed E-state index contributed by atoms with van der Waals surface area (Å²) < 4.78 is 11.1. The fourth-order valence-electron chi connectivity index (χ4n) is 2.99. The van der Waals surface area contributed by atoms with Crippen LogP contribution < -0.4 is 4.74 Å². The standard InChI is InChI=1S/C19H22N2O3S/c1-10-15-8-7-14(23-6)9-16(15)24-18(10)19(22)21(5)11(2)17-12(3)25-13(4)20-17/h7-9,11H,1-6H3/t11-/m1/s1. The van der Waals surface area contributed by atoms with Crippen LogP contribution in [-0.4, -0.2) is 29.9 Å². The molecule has 6 heteroatoms. The minimum Gasteiger partial charge on any atom is -0.497 e. The minimum absolute atomic E-state index is 0.125. The Labute approximate surface area is 151 Å². The van der Waals surface area contributed by atoms with Gasteiger partial charge in [-0.15, -0.1) is 11.3 Å². The van der Waals surface area contributed by atoms with Crippen molar-refractivity contribution >= 4 is 28.2 Å². The van der Waals surface area contributed by atoms with Crippen LogP contribution in [0.1, 0.15) is 44.7 Å². The second-order valence-corrected chi connectivity index (χ2v) is 7.59. The summed E-state index contributed by atoms with van der Waals surface area (Å²) in [5.74, 6) is 0.919. The fourth-order valence-corrected chi connectivity index (χ4v) is 3.90. The van der Waals surface area contributed by atoms with Gasteiger partial charge in [-0.2, -0.15) is 0 Å². The van der Waals surface area contributed by atoms with Gasteiger partial charge in [-0.1, -0.05) is 0 Å². The Morgan fingerprint density at radius 3 is 2.64 bits per heavy atom. The Morgan fingerprint density at radius 2 is 2.04 bits per heavy atom. The number of carbonyl (C=O) groups excluding carboxylic acids is 1. The number of nitrogens with zero attached hydrogens (tertiary/aromatic N) is 2. The van der Waals surface area contributed by atoms with Crippen molar-refractivity contribution in [3.63, 3.8) is 0 Å². The number of carbonyl (C=O) groups is 1. The van der Waals surface area contributed by atoms with E-state index < -0.39 is 0 Å². The minimum atomic E-state index is -0.148. The van der Waals surface area contributed by atoms with Gasteiger partial charge in [-0.25, -0.2) is 4.98 Å². The molecule has 132 valence electrons. The van der Waals surface area contributed by atoms with E-state index in [1.807, 2.05) is 39.8 Å². The quantitative estimate of drug-likeness (QED) is 0.681. The highest BCUT2D eigenvalue weighted by Crippen LogP contribution is 2.32. The number of aryl methyl sites for hydroxylation is 3. The van der Waals surface area contributed by atoms with Gasteiger partial charge < -0.3 is 14.1 Å². The lowest BCUT2D eigenvalue weighted by atomic mass is 10.1. The van der Waals surface area contributed by atoms with Crippen molar-refractivity contribution < 1.29 is 13.9 Å². The summed E-state index contributed by atoms with van der Waals surface area (Å²) in [6.07, 6.45) is 0. The van der Waals surface area contributed by atoms with E-state index in [0.717, 1.165) is 26.5 Å². The molecule has 0 aliphatic rings. The maximum Gasteiger partial charge on any atom is 0.290 e. The number of hydrogen-bond acceptors (Lipinski definition) is 5. The molecule has 0 spiro atoms. The van der Waals surface area contributed by atoms with E-state index >= 15 is 0 Å². The zero-order chi connectivity index (χ0) is 18.3. The van der Waals surface area contributed by atoms with Crippen LogP contribution in [0.15, 0.2) is 22.6 Å². The molecule has 0 aliphatic heterocycles. The summed E-state index contributed by atoms with van der Waals surface area (Å²) in [4.78, 5) is 20.4. The van der Waals surface area contributed by atoms with Crippen molar-refractivity contribution in [3.8, 4) is 5.75 Å². The Kier molecular flexibility index (Phi) is 4.56. The average molecular weight is 358 g/mol. The summed E-state index contributed by atoms with van der Waals surface area (Å²) in [5, 5.41) is 1.93. The Bertz CT molecular complexity index is 942. The van der Waals surface area contributed by atoms with E-state index in [4.69, 9.17) is 9.15 Å². The Balaban J connectivity index is 1.95. The molecule has 2 heterocycles. The first-order chi connectivity index (χ1) is 11.8. The molecule has 0 unspecified atom stereocenters. The number of amides is 1. The van der Waals surface area contributed by atoms with Crippen molar-refractivity contribution in [3.05, 3.63) is 45.1 Å². The number of thiazole rings is 1. The molecule has 1 aromatic carbocycles. The molecule has 0 saturated heterocycles. The largest absolute Gasteiger partial charge is 0.497 e. The highest BCUT2D eigenvalue weighted by Gasteiger charge is 2.27. The molecule has 0 fully saturated rings. The van der Waals surface area contributed by atoms with Crippen molar-refractivity contribution in [1.29, 1.82) is 0 Å². The number of benzene rings is 1. The number of hydrogen-bond donors (Lipinski definition) is 0. The molecule has 25 heavy (non-hydrogen) atoms. The van der Waals surface area contributed by atoms with Crippen LogP contribution in [0, 0.1) is 20.8 Å². The predicted molar refractivity (Wildman–Crippen MR) is 99.6 cm³/mol. The second kappa shape index (κ2) is 6.52. The average Bonchev–Trinajstić information content (AvgIpc) is 3.11. The molecular weight excluding hydrogens is 336 g/mol. The van der Waals surface area contributed by atoms with Crippen molar-refractivity contribution in [2.75, 3.05) is 14.2 Å². The zero-order valence-electron chi connectivity index (χ0n) is 15.3. The van der Waals surface area contributed by atoms with Crippen LogP contribution in [0.2, 0.25) is 0 Å². The monoisotopic (exact) mass is 358 g/mol. The molecule has 0 bridgehead atoms. The Morgan fingerprint density at radius 1 is 1.32 bits per heavy atom. The lowest BCUT2D eigenvalue weighted by Crippen LogP contribution is -2.30. The van der Waals surface area contributed by atoms with E-state index in [1.165, 1.54) is 0 Å². The van der Waals surface area contributed by atoms with Gasteiger partial charge in [0.05, 0.1) is 23.9 Å². The summed E-state index contributed by atoms with van der Waals surface area (Å²) >= 11 is 1.65. The van der Waals surface area contributed by atoms with Crippen molar-refractivity contribution in [2.45, 2.75) is 33.7 Å². The van der Waals surface area contributed by atoms with E-state index in [2.05, 4.69) is 4.98 Å². The van der Waals surface area contributed by atoms with E-state index in [-0.39, 0.29) is 11.9 Å². The lowest BCUT2D eigenvalue weighted by molar-refractivity contribution is 0.0709. The van der Waals surface area contributed by atoms with Gasteiger partial charge in [0.2, 0.25) is 0 Å². The topological polar surface area (TPSA) is 55.6 Å². The Hall–Kier alpha value is -2.34. The number of fused-ring (bicyclic) bond motifs is 1. The molecule has 0 N–H and O–H groups in total. The van der Waals surface area contributed by atoms with Gasteiger partial charge in [-0.05, 0) is 39.8 Å². The van der Waals surface area contributed by atoms with E-state index in [1.54, 1.807) is 36.5 Å². The van der Waals surface area contributed by atoms with Crippen LogP contribution in [-0.2, 0) is 0 Å². The maximum atomic E-state index is 13.0. The third kappa shape index (κ3) is 3.02. The number of furan rings is 1. The van der Waals surface area contributed by atoms with Gasteiger partial charge in [0, 0.05) is 28.9 Å². The summed E-state index contributed by atoms with van der Waals surface area (Å²) in [6, 6.07) is 5.46. The van der Waals surface area contributed by atoms with Crippen LogP contribution >= 0.6 is 11.3 Å². The van der Waals surface area contributed by atoms with E-state index in [9.17, 15) is 4.79 Å². The first-order valence-corrected chi connectivity index (χ1v) is 8.93. The van der Waals surface area contributed by atoms with Crippen LogP contribution in [0.25, 0.3) is 11.0 Å². The van der Waals surface area contributed by atoms with Gasteiger partial charge in [-0.3, -0.25) is 4.79 Å². The normalized spacial score (nSPS) is 12.4. The van der Waals surface area contributed by atoms with Crippen LogP contribution in [0.3, 0.4) is 0 Å². The van der Waals surface area contributed by atoms with Crippen molar-refractivity contribution in [1.82, 2.24) is 9.88 Å². The summed E-state index contributed by atoms with van der Waals surface area (Å²) in [6.45, 7) is 7.91. The molecule has 2 aromatic heterocycles.